The van der Waals surface area contributed by atoms with Crippen molar-refractivity contribution in [1.29, 1.82) is 5.26 Å². The minimum atomic E-state index is -0.889. The monoisotopic (exact) mass is 194 g/mol. The number of carbonyl (C=O) groups excluding carboxylic acids is 1. The molecule has 1 amide bonds. The van der Waals surface area contributed by atoms with Gasteiger partial charge in [-0.25, -0.2) is 0 Å². The quantitative estimate of drug-likeness (QED) is 0.742. The van der Waals surface area contributed by atoms with Gasteiger partial charge in [0, 0.05) is 6.54 Å². The number of nitriles is 1. The van der Waals surface area contributed by atoms with Crippen molar-refractivity contribution in [1.82, 2.24) is 5.32 Å². The van der Waals surface area contributed by atoms with Crippen LogP contribution in [-0.2, 0) is 4.79 Å². The van der Waals surface area contributed by atoms with Crippen molar-refractivity contribution < 1.29 is 4.79 Å². The second kappa shape index (κ2) is 4.45. The fraction of sp³-hybridized carbons (Fsp3) is 0.818. The highest BCUT2D eigenvalue weighted by atomic mass is 16.2. The Morgan fingerprint density at radius 2 is 2.21 bits per heavy atom. The average Bonchev–Trinajstić information content (AvgIpc) is 2.08. The van der Waals surface area contributed by atoms with E-state index in [2.05, 4.69) is 5.32 Å². The van der Waals surface area contributed by atoms with Crippen LogP contribution >= 0.6 is 0 Å². The lowest BCUT2D eigenvalue weighted by molar-refractivity contribution is -0.126. The average molecular weight is 194 g/mol. The molecule has 1 fully saturated rings. The smallest absolute Gasteiger partial charge is 0.239 e. The highest BCUT2D eigenvalue weighted by Gasteiger charge is 2.27. The summed E-state index contributed by atoms with van der Waals surface area (Å²) in [6.45, 7) is 4.01. The van der Waals surface area contributed by atoms with Crippen LogP contribution in [0.1, 0.15) is 39.5 Å². The van der Waals surface area contributed by atoms with Gasteiger partial charge in [-0.15, -0.1) is 0 Å². The molecule has 3 heteroatoms. The van der Waals surface area contributed by atoms with Crippen molar-refractivity contribution in [3.63, 3.8) is 0 Å². The van der Waals surface area contributed by atoms with Crippen molar-refractivity contribution in [3.05, 3.63) is 0 Å². The van der Waals surface area contributed by atoms with Crippen LogP contribution in [0.25, 0.3) is 0 Å². The third kappa shape index (κ3) is 2.73. The first-order valence-corrected chi connectivity index (χ1v) is 5.26. The summed E-state index contributed by atoms with van der Waals surface area (Å²) >= 11 is 0. The van der Waals surface area contributed by atoms with Crippen LogP contribution in [0.4, 0.5) is 0 Å². The Morgan fingerprint density at radius 1 is 1.57 bits per heavy atom. The zero-order chi connectivity index (χ0) is 10.6. The molecular formula is C11H18N2O. The van der Waals surface area contributed by atoms with E-state index in [1.165, 1.54) is 19.3 Å². The fourth-order valence-electron chi connectivity index (χ4n) is 1.44. The van der Waals surface area contributed by atoms with Crippen LogP contribution in [0.15, 0.2) is 0 Å². The molecule has 14 heavy (non-hydrogen) atoms. The maximum atomic E-state index is 11.5. The van der Waals surface area contributed by atoms with Crippen LogP contribution in [0.3, 0.4) is 0 Å². The second-order valence-electron chi connectivity index (χ2n) is 4.58. The van der Waals surface area contributed by atoms with Crippen LogP contribution in [0, 0.1) is 22.7 Å². The maximum Gasteiger partial charge on any atom is 0.239 e. The lowest BCUT2D eigenvalue weighted by Gasteiger charge is -2.25. The van der Waals surface area contributed by atoms with Gasteiger partial charge >= 0.3 is 0 Å². The van der Waals surface area contributed by atoms with Gasteiger partial charge in [-0.2, -0.15) is 5.26 Å². The molecule has 0 bridgehead atoms. The highest BCUT2D eigenvalue weighted by molar-refractivity contribution is 5.84. The molecule has 0 atom stereocenters. The number of amides is 1. The Hall–Kier alpha value is -1.04. The van der Waals surface area contributed by atoms with E-state index in [0.717, 1.165) is 12.3 Å². The molecule has 0 heterocycles. The summed E-state index contributed by atoms with van der Waals surface area (Å²) in [5.74, 6) is 0.653. The number of hydrogen-bond acceptors (Lipinski definition) is 2. The summed E-state index contributed by atoms with van der Waals surface area (Å²) in [4.78, 5) is 11.5. The zero-order valence-electron chi connectivity index (χ0n) is 8.97. The van der Waals surface area contributed by atoms with E-state index in [1.807, 2.05) is 6.07 Å². The lowest BCUT2D eigenvalue weighted by Crippen LogP contribution is -2.37. The first-order chi connectivity index (χ1) is 6.56. The normalized spacial score (nSPS) is 16.9. The van der Waals surface area contributed by atoms with E-state index >= 15 is 0 Å². The molecule has 0 aromatic carbocycles. The second-order valence-corrected chi connectivity index (χ2v) is 4.58. The highest BCUT2D eigenvalue weighted by Crippen LogP contribution is 2.28. The molecule has 0 unspecified atom stereocenters. The molecule has 1 aliphatic rings. The zero-order valence-corrected chi connectivity index (χ0v) is 8.97. The van der Waals surface area contributed by atoms with Gasteiger partial charge < -0.3 is 5.32 Å². The molecular weight excluding hydrogens is 176 g/mol. The van der Waals surface area contributed by atoms with Gasteiger partial charge in [-0.3, -0.25) is 4.79 Å². The molecule has 0 radical (unpaired) electrons. The summed E-state index contributed by atoms with van der Waals surface area (Å²) < 4.78 is 0. The summed E-state index contributed by atoms with van der Waals surface area (Å²) in [6.07, 6.45) is 5.00. The predicted molar refractivity (Wildman–Crippen MR) is 54.4 cm³/mol. The first-order valence-electron chi connectivity index (χ1n) is 5.26. The minimum absolute atomic E-state index is 0.153. The number of carbonyl (C=O) groups is 1. The summed E-state index contributed by atoms with van der Waals surface area (Å²) in [5, 5.41) is 11.5. The van der Waals surface area contributed by atoms with Crippen LogP contribution in [0.5, 0.6) is 0 Å². The Labute approximate surface area is 85.5 Å². The van der Waals surface area contributed by atoms with E-state index < -0.39 is 5.41 Å². The minimum Gasteiger partial charge on any atom is -0.355 e. The maximum absolute atomic E-state index is 11.5. The van der Waals surface area contributed by atoms with E-state index in [4.69, 9.17) is 5.26 Å². The Kier molecular flexibility index (Phi) is 3.51. The van der Waals surface area contributed by atoms with E-state index in [9.17, 15) is 4.79 Å². The number of hydrogen-bond donors (Lipinski definition) is 1. The molecule has 0 saturated heterocycles. The van der Waals surface area contributed by atoms with E-state index in [-0.39, 0.29) is 5.91 Å². The van der Waals surface area contributed by atoms with Gasteiger partial charge in [0.05, 0.1) is 6.07 Å². The third-order valence-corrected chi connectivity index (χ3v) is 2.91. The van der Waals surface area contributed by atoms with Gasteiger partial charge in [0.25, 0.3) is 0 Å². The molecule has 1 N–H and O–H groups in total. The molecule has 3 nitrogen and oxygen atoms in total. The Balaban J connectivity index is 2.17. The van der Waals surface area contributed by atoms with Crippen molar-refractivity contribution >= 4 is 5.91 Å². The number of nitrogens with one attached hydrogen (secondary N) is 1. The molecule has 78 valence electrons. The standard InChI is InChI=1S/C11H18N2O/c1-11(2,8-12)10(14)13-7-6-9-4-3-5-9/h9H,3-7H2,1-2H3,(H,13,14). The molecule has 1 aliphatic carbocycles. The molecule has 1 rings (SSSR count). The number of nitrogens with zero attached hydrogens (tertiary/aromatic N) is 1. The van der Waals surface area contributed by atoms with Crippen molar-refractivity contribution in [3.8, 4) is 6.07 Å². The van der Waals surface area contributed by atoms with E-state index in [0.29, 0.717) is 6.54 Å². The van der Waals surface area contributed by atoms with E-state index in [1.54, 1.807) is 13.8 Å². The fourth-order valence-corrected chi connectivity index (χ4v) is 1.44. The lowest BCUT2D eigenvalue weighted by atomic mass is 9.83. The third-order valence-electron chi connectivity index (χ3n) is 2.91. The molecule has 0 spiro atoms. The van der Waals surface area contributed by atoms with Crippen LogP contribution in [0.2, 0.25) is 0 Å². The van der Waals surface area contributed by atoms with Gasteiger partial charge in [-0.1, -0.05) is 19.3 Å². The van der Waals surface area contributed by atoms with Gasteiger partial charge in [-0.05, 0) is 26.2 Å². The predicted octanol–water partition coefficient (Wildman–Crippen LogP) is 1.84. The van der Waals surface area contributed by atoms with Gasteiger partial charge in [0.2, 0.25) is 5.91 Å². The molecule has 0 aliphatic heterocycles. The van der Waals surface area contributed by atoms with Crippen molar-refractivity contribution in [2.75, 3.05) is 6.54 Å². The Morgan fingerprint density at radius 3 is 2.64 bits per heavy atom. The van der Waals surface area contributed by atoms with Crippen molar-refractivity contribution in [2.45, 2.75) is 39.5 Å². The Bertz CT molecular complexity index is 249. The largest absolute Gasteiger partial charge is 0.355 e. The van der Waals surface area contributed by atoms with Gasteiger partial charge in [0.15, 0.2) is 0 Å². The summed E-state index contributed by atoms with van der Waals surface area (Å²) in [7, 11) is 0. The SMILES string of the molecule is CC(C)(C#N)C(=O)NCCC1CCC1. The van der Waals surface area contributed by atoms with Crippen LogP contribution < -0.4 is 5.32 Å². The molecule has 0 aromatic heterocycles. The first kappa shape index (κ1) is 11.0. The van der Waals surface area contributed by atoms with Crippen LogP contribution in [-0.4, -0.2) is 12.5 Å². The number of rotatable bonds is 4. The van der Waals surface area contributed by atoms with Gasteiger partial charge in [0.1, 0.15) is 5.41 Å². The summed E-state index contributed by atoms with van der Waals surface area (Å²) in [6, 6.07) is 2.00. The van der Waals surface area contributed by atoms with Crippen molar-refractivity contribution in [2.24, 2.45) is 11.3 Å². The molecule has 1 saturated carbocycles. The topological polar surface area (TPSA) is 52.9 Å². The molecule has 0 aromatic rings. The summed E-state index contributed by atoms with van der Waals surface area (Å²) in [5.41, 5.74) is -0.889.